The fourth-order valence-corrected chi connectivity index (χ4v) is 3.97. The molecule has 0 fully saturated rings. The molecule has 0 saturated heterocycles. The lowest BCUT2D eigenvalue weighted by molar-refractivity contribution is 0.269. The number of nitrogens with one attached hydrogen (secondary N) is 1. The highest BCUT2D eigenvalue weighted by atomic mass is 32.2. The molecule has 114 valence electrons. The van der Waals surface area contributed by atoms with Gasteiger partial charge in [-0.05, 0) is 43.4 Å². The Bertz CT molecular complexity index is 539. The maximum Gasteiger partial charge on any atom is 0.241 e. The van der Waals surface area contributed by atoms with Crippen molar-refractivity contribution in [3.8, 4) is 0 Å². The van der Waals surface area contributed by atoms with Gasteiger partial charge in [-0.25, -0.2) is 13.1 Å². The van der Waals surface area contributed by atoms with E-state index in [1.54, 1.807) is 12.1 Å². The van der Waals surface area contributed by atoms with Crippen LogP contribution in [0.15, 0.2) is 29.2 Å². The number of aliphatic hydroxyl groups excluding tert-OH is 1. The Labute approximate surface area is 122 Å². The summed E-state index contributed by atoms with van der Waals surface area (Å²) in [5.41, 5.74) is 0.206. The SMILES string of the molecule is CC(C)(C)CC(C)(C)NS(=O)(=O)c1ccc(CO)cc1. The molecular formula is C15H25NO3S. The minimum atomic E-state index is -3.55. The Morgan fingerprint density at radius 1 is 1.05 bits per heavy atom. The summed E-state index contributed by atoms with van der Waals surface area (Å²) < 4.78 is 27.5. The van der Waals surface area contributed by atoms with E-state index in [0.717, 1.165) is 6.42 Å². The summed E-state index contributed by atoms with van der Waals surface area (Å²) >= 11 is 0. The van der Waals surface area contributed by atoms with Crippen LogP contribution in [-0.2, 0) is 16.6 Å². The zero-order valence-electron chi connectivity index (χ0n) is 12.9. The molecule has 5 heteroatoms. The molecule has 1 aromatic rings. The molecule has 2 N–H and O–H groups in total. The summed E-state index contributed by atoms with van der Waals surface area (Å²) in [5.74, 6) is 0. The Balaban J connectivity index is 2.93. The van der Waals surface area contributed by atoms with Crippen LogP contribution in [0.1, 0.15) is 46.6 Å². The number of hydrogen-bond acceptors (Lipinski definition) is 3. The van der Waals surface area contributed by atoms with Crippen molar-refractivity contribution in [3.05, 3.63) is 29.8 Å². The van der Waals surface area contributed by atoms with Crippen LogP contribution in [0, 0.1) is 5.41 Å². The predicted octanol–water partition coefficient (Wildman–Crippen LogP) is 2.67. The zero-order chi connectivity index (χ0) is 15.6. The van der Waals surface area contributed by atoms with Crippen LogP contribution in [-0.4, -0.2) is 19.1 Å². The summed E-state index contributed by atoms with van der Waals surface area (Å²) in [6.45, 7) is 9.93. The molecule has 0 radical (unpaired) electrons. The first kappa shape index (κ1) is 17.1. The molecule has 0 aromatic heterocycles. The van der Waals surface area contributed by atoms with E-state index in [1.165, 1.54) is 12.1 Å². The molecule has 0 bridgehead atoms. The molecule has 0 atom stereocenters. The molecule has 0 unspecified atom stereocenters. The second-order valence-corrected chi connectivity index (χ2v) is 8.71. The first-order valence-electron chi connectivity index (χ1n) is 6.69. The lowest BCUT2D eigenvalue weighted by atomic mass is 9.82. The molecule has 0 aliphatic rings. The van der Waals surface area contributed by atoms with E-state index in [-0.39, 0.29) is 16.9 Å². The summed E-state index contributed by atoms with van der Waals surface area (Å²) in [4.78, 5) is 0.219. The molecule has 0 aliphatic carbocycles. The maximum atomic E-state index is 12.4. The molecule has 4 nitrogen and oxygen atoms in total. The highest BCUT2D eigenvalue weighted by Gasteiger charge is 2.30. The topological polar surface area (TPSA) is 66.4 Å². The zero-order valence-corrected chi connectivity index (χ0v) is 13.7. The van der Waals surface area contributed by atoms with Gasteiger partial charge in [-0.1, -0.05) is 32.9 Å². The average Bonchev–Trinajstić information content (AvgIpc) is 2.24. The van der Waals surface area contributed by atoms with Crippen LogP contribution in [0.3, 0.4) is 0 Å². The number of benzene rings is 1. The first-order chi connectivity index (χ1) is 8.95. The largest absolute Gasteiger partial charge is 0.392 e. The Morgan fingerprint density at radius 2 is 1.55 bits per heavy atom. The van der Waals surface area contributed by atoms with Crippen LogP contribution in [0.25, 0.3) is 0 Å². The minimum absolute atomic E-state index is 0.0345. The van der Waals surface area contributed by atoms with Crippen molar-refractivity contribution in [1.82, 2.24) is 4.72 Å². The third-order valence-electron chi connectivity index (χ3n) is 2.80. The van der Waals surface area contributed by atoms with Gasteiger partial charge in [-0.3, -0.25) is 0 Å². The second kappa shape index (κ2) is 5.84. The third kappa shape index (κ3) is 5.23. The molecule has 0 heterocycles. The van der Waals surface area contributed by atoms with Gasteiger partial charge in [-0.2, -0.15) is 0 Å². The van der Waals surface area contributed by atoms with Crippen molar-refractivity contribution in [2.75, 3.05) is 0 Å². The van der Waals surface area contributed by atoms with Crippen LogP contribution in [0.5, 0.6) is 0 Å². The van der Waals surface area contributed by atoms with Crippen molar-refractivity contribution < 1.29 is 13.5 Å². The van der Waals surface area contributed by atoms with Crippen molar-refractivity contribution in [1.29, 1.82) is 0 Å². The van der Waals surface area contributed by atoms with Gasteiger partial charge >= 0.3 is 0 Å². The number of aliphatic hydroxyl groups is 1. The lowest BCUT2D eigenvalue weighted by Gasteiger charge is -2.33. The summed E-state index contributed by atoms with van der Waals surface area (Å²) in [7, 11) is -3.55. The molecule has 0 spiro atoms. The fraction of sp³-hybridized carbons (Fsp3) is 0.600. The minimum Gasteiger partial charge on any atom is -0.392 e. The monoisotopic (exact) mass is 299 g/mol. The highest BCUT2D eigenvalue weighted by molar-refractivity contribution is 7.89. The summed E-state index contributed by atoms with van der Waals surface area (Å²) in [5, 5.41) is 8.98. The second-order valence-electron chi connectivity index (χ2n) is 7.03. The molecule has 20 heavy (non-hydrogen) atoms. The quantitative estimate of drug-likeness (QED) is 0.878. The Hall–Kier alpha value is -0.910. The van der Waals surface area contributed by atoms with Crippen molar-refractivity contribution in [2.24, 2.45) is 5.41 Å². The van der Waals surface area contributed by atoms with Gasteiger partial charge in [0, 0.05) is 5.54 Å². The van der Waals surface area contributed by atoms with Gasteiger partial charge in [0.1, 0.15) is 0 Å². The Morgan fingerprint density at radius 3 is 1.95 bits per heavy atom. The molecule has 1 aromatic carbocycles. The van der Waals surface area contributed by atoms with Crippen LogP contribution < -0.4 is 4.72 Å². The van der Waals surface area contributed by atoms with E-state index >= 15 is 0 Å². The van der Waals surface area contributed by atoms with E-state index in [4.69, 9.17) is 5.11 Å². The van der Waals surface area contributed by atoms with E-state index < -0.39 is 15.6 Å². The van der Waals surface area contributed by atoms with Crippen LogP contribution in [0.2, 0.25) is 0 Å². The van der Waals surface area contributed by atoms with Gasteiger partial charge in [0.15, 0.2) is 0 Å². The van der Waals surface area contributed by atoms with E-state index in [1.807, 2.05) is 13.8 Å². The van der Waals surface area contributed by atoms with E-state index in [2.05, 4.69) is 25.5 Å². The molecule has 0 saturated carbocycles. The van der Waals surface area contributed by atoms with Crippen LogP contribution in [0.4, 0.5) is 0 Å². The van der Waals surface area contributed by atoms with Gasteiger partial charge in [0.05, 0.1) is 11.5 Å². The standard InChI is InChI=1S/C15H25NO3S/c1-14(2,3)11-15(4,5)16-20(18,19)13-8-6-12(10-17)7-9-13/h6-9,16-17H,10-11H2,1-5H3. The summed E-state index contributed by atoms with van der Waals surface area (Å²) in [6, 6.07) is 6.26. The predicted molar refractivity (Wildman–Crippen MR) is 80.8 cm³/mol. The van der Waals surface area contributed by atoms with E-state index in [9.17, 15) is 8.42 Å². The normalized spacial score (nSPS) is 13.5. The number of sulfonamides is 1. The van der Waals surface area contributed by atoms with Gasteiger partial charge in [0.2, 0.25) is 10.0 Å². The Kier molecular flexibility index (Phi) is 5.00. The van der Waals surface area contributed by atoms with Gasteiger partial charge in [-0.15, -0.1) is 0 Å². The fourth-order valence-electron chi connectivity index (χ4n) is 2.56. The summed E-state index contributed by atoms with van der Waals surface area (Å²) in [6.07, 6.45) is 0.730. The molecule has 0 amide bonds. The highest BCUT2D eigenvalue weighted by Crippen LogP contribution is 2.28. The smallest absolute Gasteiger partial charge is 0.241 e. The number of hydrogen-bond donors (Lipinski definition) is 2. The molecule has 0 aliphatic heterocycles. The number of rotatable bonds is 5. The van der Waals surface area contributed by atoms with E-state index in [0.29, 0.717) is 5.56 Å². The van der Waals surface area contributed by atoms with Crippen LogP contribution >= 0.6 is 0 Å². The lowest BCUT2D eigenvalue weighted by Crippen LogP contribution is -2.45. The van der Waals surface area contributed by atoms with Crippen molar-refractivity contribution >= 4 is 10.0 Å². The van der Waals surface area contributed by atoms with Crippen molar-refractivity contribution in [2.45, 2.75) is 58.1 Å². The van der Waals surface area contributed by atoms with Crippen molar-refractivity contribution in [3.63, 3.8) is 0 Å². The molecule has 1 rings (SSSR count). The average molecular weight is 299 g/mol. The van der Waals surface area contributed by atoms with Gasteiger partial charge < -0.3 is 5.11 Å². The molecular weight excluding hydrogens is 274 g/mol. The maximum absolute atomic E-state index is 12.4. The first-order valence-corrected chi connectivity index (χ1v) is 8.17. The van der Waals surface area contributed by atoms with Gasteiger partial charge in [0.25, 0.3) is 0 Å². The third-order valence-corrected chi connectivity index (χ3v) is 4.51.